The molecule has 1 aromatic heterocycles. The highest BCUT2D eigenvalue weighted by Crippen LogP contribution is 2.28. The molecular formula is C24H29N3O4. The summed E-state index contributed by atoms with van der Waals surface area (Å²) in [5, 5.41) is 0.513. The molecule has 3 rings (SSSR count). The molecular weight excluding hydrogens is 394 g/mol. The Bertz CT molecular complexity index is 1100. The van der Waals surface area contributed by atoms with Crippen LogP contribution >= 0.6 is 0 Å². The van der Waals surface area contributed by atoms with Gasteiger partial charge in [0.2, 0.25) is 5.91 Å². The number of hydrogen-bond donors (Lipinski definition) is 1. The van der Waals surface area contributed by atoms with Crippen LogP contribution in [0.2, 0.25) is 0 Å². The zero-order valence-electron chi connectivity index (χ0n) is 18.6. The molecule has 1 amide bonds. The third-order valence-corrected chi connectivity index (χ3v) is 4.88. The van der Waals surface area contributed by atoms with Crippen molar-refractivity contribution in [3.8, 4) is 5.75 Å². The lowest BCUT2D eigenvalue weighted by atomic mass is 10.1. The van der Waals surface area contributed by atoms with Crippen LogP contribution in [0.25, 0.3) is 10.9 Å². The summed E-state index contributed by atoms with van der Waals surface area (Å²) in [5.41, 5.74) is 0.712. The minimum atomic E-state index is -0.493. The molecule has 7 nitrogen and oxygen atoms in total. The number of benzene rings is 2. The van der Waals surface area contributed by atoms with Crippen molar-refractivity contribution in [2.75, 3.05) is 18.6 Å². The lowest BCUT2D eigenvalue weighted by Crippen LogP contribution is -2.36. The minimum Gasteiger partial charge on any atom is -0.497 e. The average molecular weight is 424 g/mol. The van der Waals surface area contributed by atoms with Crippen molar-refractivity contribution >= 4 is 22.5 Å². The largest absolute Gasteiger partial charge is 0.497 e. The molecule has 1 N–H and O–H groups in total. The van der Waals surface area contributed by atoms with Gasteiger partial charge in [0.1, 0.15) is 11.6 Å². The first-order chi connectivity index (χ1) is 14.7. The molecule has 0 radical (unpaired) electrons. The van der Waals surface area contributed by atoms with Crippen LogP contribution in [0.3, 0.4) is 0 Å². The molecule has 0 aliphatic rings. The summed E-state index contributed by atoms with van der Waals surface area (Å²) < 4.78 is 11.0. The van der Waals surface area contributed by atoms with E-state index in [4.69, 9.17) is 9.47 Å². The number of rotatable bonds is 7. The van der Waals surface area contributed by atoms with Crippen LogP contribution < -0.4 is 15.2 Å². The van der Waals surface area contributed by atoms with Gasteiger partial charge in [0, 0.05) is 5.69 Å². The van der Waals surface area contributed by atoms with Crippen molar-refractivity contribution < 1.29 is 14.3 Å². The van der Waals surface area contributed by atoms with Crippen LogP contribution in [0.4, 0.5) is 5.69 Å². The molecule has 0 saturated heterocycles. The van der Waals surface area contributed by atoms with E-state index in [1.54, 1.807) is 42.3 Å². The summed E-state index contributed by atoms with van der Waals surface area (Å²) in [5.74, 6) is 0.986. The second-order valence-corrected chi connectivity index (χ2v) is 8.32. The second kappa shape index (κ2) is 9.31. The molecule has 1 heterocycles. The van der Waals surface area contributed by atoms with Crippen molar-refractivity contribution in [2.45, 2.75) is 45.8 Å². The zero-order chi connectivity index (χ0) is 22.6. The molecule has 0 bridgehead atoms. The highest BCUT2D eigenvalue weighted by atomic mass is 16.5. The van der Waals surface area contributed by atoms with Gasteiger partial charge in [0.15, 0.2) is 0 Å². The number of hydrogen-bond acceptors (Lipinski definition) is 5. The van der Waals surface area contributed by atoms with E-state index in [9.17, 15) is 9.59 Å². The Morgan fingerprint density at radius 1 is 1.13 bits per heavy atom. The van der Waals surface area contributed by atoms with Crippen LogP contribution in [-0.2, 0) is 9.53 Å². The van der Waals surface area contributed by atoms with Gasteiger partial charge in [-0.25, -0.2) is 4.98 Å². The van der Waals surface area contributed by atoms with Crippen molar-refractivity contribution in [1.82, 2.24) is 9.97 Å². The maximum absolute atomic E-state index is 13.2. The number of para-hydroxylation sites is 1. The summed E-state index contributed by atoms with van der Waals surface area (Å²) in [7, 11) is 1.59. The van der Waals surface area contributed by atoms with Gasteiger partial charge in [0.25, 0.3) is 5.56 Å². The van der Waals surface area contributed by atoms with Crippen LogP contribution in [0.1, 0.15) is 46.0 Å². The quantitative estimate of drug-likeness (QED) is 0.615. The molecule has 31 heavy (non-hydrogen) atoms. The first-order valence-electron chi connectivity index (χ1n) is 10.3. The molecule has 0 fully saturated rings. The molecule has 2 aromatic carbocycles. The van der Waals surface area contributed by atoms with Gasteiger partial charge in [-0.1, -0.05) is 12.1 Å². The average Bonchev–Trinajstić information content (AvgIpc) is 2.73. The Balaban J connectivity index is 1.96. The summed E-state index contributed by atoms with van der Waals surface area (Å²) in [4.78, 5) is 34.9. The number of ether oxygens (including phenoxy) is 2. The maximum atomic E-state index is 13.2. The van der Waals surface area contributed by atoms with E-state index in [1.807, 2.05) is 45.9 Å². The monoisotopic (exact) mass is 423 g/mol. The molecule has 0 aliphatic heterocycles. The highest BCUT2D eigenvalue weighted by molar-refractivity contribution is 5.94. The standard InChI is InChI=1S/C24H29N3O4/c1-16(22-25-20-9-7-6-8-19(20)23(29)26-22)27(17-10-12-18(30-5)13-11-17)21(28)14-15-31-24(2,3)4/h6-13,16H,14-15H2,1-5H3,(H,25,26,29). The van der Waals surface area contributed by atoms with Gasteiger partial charge >= 0.3 is 0 Å². The predicted octanol–water partition coefficient (Wildman–Crippen LogP) is 4.23. The number of anilines is 1. The lowest BCUT2D eigenvalue weighted by molar-refractivity contribution is -0.121. The van der Waals surface area contributed by atoms with Crippen molar-refractivity contribution in [3.63, 3.8) is 0 Å². The van der Waals surface area contributed by atoms with E-state index in [0.717, 1.165) is 0 Å². The highest BCUT2D eigenvalue weighted by Gasteiger charge is 2.26. The van der Waals surface area contributed by atoms with Crippen LogP contribution in [0.5, 0.6) is 5.75 Å². The normalized spacial score (nSPS) is 12.5. The molecule has 7 heteroatoms. The Kier molecular flexibility index (Phi) is 6.75. The topological polar surface area (TPSA) is 84.5 Å². The number of nitrogens with one attached hydrogen (secondary N) is 1. The van der Waals surface area contributed by atoms with Crippen molar-refractivity contribution in [2.24, 2.45) is 0 Å². The van der Waals surface area contributed by atoms with Gasteiger partial charge in [-0.15, -0.1) is 0 Å². The number of aromatic nitrogens is 2. The number of amides is 1. The molecule has 0 spiro atoms. The molecule has 3 aromatic rings. The van der Waals surface area contributed by atoms with E-state index in [0.29, 0.717) is 34.8 Å². The Morgan fingerprint density at radius 2 is 1.81 bits per heavy atom. The Labute approximate surface area is 182 Å². The summed E-state index contributed by atoms with van der Waals surface area (Å²) in [6, 6.07) is 13.9. The first kappa shape index (κ1) is 22.5. The predicted molar refractivity (Wildman–Crippen MR) is 122 cm³/mol. The Hall–Kier alpha value is -3.19. The number of nitrogens with zero attached hydrogens (tertiary/aromatic N) is 2. The summed E-state index contributed by atoms with van der Waals surface area (Å²) >= 11 is 0. The van der Waals surface area contributed by atoms with Crippen LogP contribution in [0.15, 0.2) is 53.3 Å². The first-order valence-corrected chi connectivity index (χ1v) is 10.3. The number of carbonyl (C=O) groups is 1. The number of carbonyl (C=O) groups excluding carboxylic acids is 1. The van der Waals surface area contributed by atoms with Gasteiger partial charge in [-0.2, -0.15) is 0 Å². The fourth-order valence-corrected chi connectivity index (χ4v) is 3.32. The van der Waals surface area contributed by atoms with E-state index in [1.165, 1.54) is 0 Å². The van der Waals surface area contributed by atoms with Crippen LogP contribution in [0, 0.1) is 0 Å². The SMILES string of the molecule is COc1ccc(N(C(=O)CCOC(C)(C)C)C(C)c2nc3ccccc3c(=O)[nH]2)cc1. The number of fused-ring (bicyclic) bond motifs is 1. The van der Waals surface area contributed by atoms with Crippen LogP contribution in [-0.4, -0.2) is 35.2 Å². The van der Waals surface area contributed by atoms with Gasteiger partial charge in [0.05, 0.1) is 42.7 Å². The summed E-state index contributed by atoms with van der Waals surface area (Å²) in [6.45, 7) is 7.99. The molecule has 0 saturated carbocycles. The van der Waals surface area contributed by atoms with Gasteiger partial charge in [-0.3, -0.25) is 9.59 Å². The van der Waals surface area contributed by atoms with Crippen molar-refractivity contribution in [1.29, 1.82) is 0 Å². The molecule has 1 atom stereocenters. The van der Waals surface area contributed by atoms with Crippen molar-refractivity contribution in [3.05, 3.63) is 64.7 Å². The summed E-state index contributed by atoms with van der Waals surface area (Å²) in [6.07, 6.45) is 0.200. The third-order valence-electron chi connectivity index (χ3n) is 4.88. The molecule has 1 unspecified atom stereocenters. The minimum absolute atomic E-state index is 0.127. The number of H-pyrrole nitrogens is 1. The van der Waals surface area contributed by atoms with E-state index >= 15 is 0 Å². The second-order valence-electron chi connectivity index (χ2n) is 8.32. The molecule has 164 valence electrons. The maximum Gasteiger partial charge on any atom is 0.258 e. The number of methoxy groups -OCH3 is 1. The van der Waals surface area contributed by atoms with E-state index in [-0.39, 0.29) is 23.5 Å². The Morgan fingerprint density at radius 3 is 2.45 bits per heavy atom. The smallest absolute Gasteiger partial charge is 0.258 e. The number of aromatic amines is 1. The lowest BCUT2D eigenvalue weighted by Gasteiger charge is -2.29. The van der Waals surface area contributed by atoms with E-state index in [2.05, 4.69) is 9.97 Å². The van der Waals surface area contributed by atoms with E-state index < -0.39 is 6.04 Å². The van der Waals surface area contributed by atoms with Gasteiger partial charge < -0.3 is 19.4 Å². The fraction of sp³-hybridized carbons (Fsp3) is 0.375. The molecule has 0 aliphatic carbocycles. The van der Waals surface area contributed by atoms with Gasteiger partial charge in [-0.05, 0) is 64.1 Å². The zero-order valence-corrected chi connectivity index (χ0v) is 18.6. The fourth-order valence-electron chi connectivity index (χ4n) is 3.32. The third kappa shape index (κ3) is 5.49.